The van der Waals surface area contributed by atoms with Gasteiger partial charge in [0.15, 0.2) is 0 Å². The Kier molecular flexibility index (Phi) is 3.65. The van der Waals surface area contributed by atoms with Crippen molar-refractivity contribution in [3.05, 3.63) is 35.9 Å². The Bertz CT molecular complexity index is 343. The van der Waals surface area contributed by atoms with Crippen LogP contribution in [0.15, 0.2) is 30.3 Å². The van der Waals surface area contributed by atoms with Gasteiger partial charge in [-0.1, -0.05) is 18.2 Å². The molecular formula is C10H10N2O2. The highest BCUT2D eigenvalue weighted by molar-refractivity contribution is 5.94. The molecule has 1 aromatic rings. The molecule has 4 nitrogen and oxygen atoms in total. The van der Waals surface area contributed by atoms with E-state index < -0.39 is 6.23 Å². The van der Waals surface area contributed by atoms with Gasteiger partial charge in [-0.25, -0.2) is 0 Å². The second kappa shape index (κ2) is 5.00. The molecule has 1 aromatic carbocycles. The smallest absolute Gasteiger partial charge is 0.254 e. The summed E-state index contributed by atoms with van der Waals surface area (Å²) in [4.78, 5) is 11.4. The molecule has 1 unspecified atom stereocenters. The number of nitrogens with one attached hydrogen (secondary N) is 1. The van der Waals surface area contributed by atoms with Gasteiger partial charge < -0.3 is 10.1 Å². The van der Waals surface area contributed by atoms with Gasteiger partial charge in [-0.05, 0) is 12.1 Å². The summed E-state index contributed by atoms with van der Waals surface area (Å²) >= 11 is 0. The maximum Gasteiger partial charge on any atom is 0.254 e. The second-order valence-electron chi connectivity index (χ2n) is 2.58. The molecule has 0 aliphatic rings. The number of carbonyl (C=O) groups excluding carboxylic acids is 1. The number of carbonyl (C=O) groups is 1. The number of nitrogens with zero attached hydrogens (tertiary/aromatic N) is 1. The minimum Gasteiger partial charge on any atom is -0.349 e. The van der Waals surface area contributed by atoms with Gasteiger partial charge in [0.05, 0.1) is 0 Å². The molecule has 14 heavy (non-hydrogen) atoms. The quantitative estimate of drug-likeness (QED) is 0.720. The highest BCUT2D eigenvalue weighted by atomic mass is 16.5. The summed E-state index contributed by atoms with van der Waals surface area (Å²) in [5.74, 6) is -0.320. The van der Waals surface area contributed by atoms with Crippen LogP contribution in [0.25, 0.3) is 0 Å². The average molecular weight is 190 g/mol. The Balaban J connectivity index is 2.64. The van der Waals surface area contributed by atoms with Crippen LogP contribution in [0, 0.1) is 11.3 Å². The van der Waals surface area contributed by atoms with Gasteiger partial charge in [0.1, 0.15) is 6.07 Å². The van der Waals surface area contributed by atoms with Crippen LogP contribution in [-0.2, 0) is 4.74 Å². The molecule has 0 radical (unpaired) electrons. The highest BCUT2D eigenvalue weighted by Crippen LogP contribution is 1.98. The number of hydrogen-bond donors (Lipinski definition) is 1. The number of rotatable bonds is 3. The van der Waals surface area contributed by atoms with E-state index in [1.807, 2.05) is 6.07 Å². The Morgan fingerprint density at radius 3 is 2.64 bits per heavy atom. The summed E-state index contributed by atoms with van der Waals surface area (Å²) in [5, 5.41) is 10.9. The number of amides is 1. The van der Waals surface area contributed by atoms with Crippen molar-refractivity contribution in [3.8, 4) is 6.07 Å². The lowest BCUT2D eigenvalue weighted by Crippen LogP contribution is -2.34. The Morgan fingerprint density at radius 1 is 1.50 bits per heavy atom. The van der Waals surface area contributed by atoms with Crippen LogP contribution in [0.4, 0.5) is 0 Å². The van der Waals surface area contributed by atoms with Gasteiger partial charge in [0.25, 0.3) is 5.91 Å². The van der Waals surface area contributed by atoms with Gasteiger partial charge in [-0.15, -0.1) is 0 Å². The second-order valence-corrected chi connectivity index (χ2v) is 2.58. The van der Waals surface area contributed by atoms with E-state index in [0.717, 1.165) is 0 Å². The third-order valence-electron chi connectivity index (χ3n) is 1.65. The zero-order valence-electron chi connectivity index (χ0n) is 7.73. The lowest BCUT2D eigenvalue weighted by Gasteiger charge is -2.08. The lowest BCUT2D eigenvalue weighted by molar-refractivity contribution is 0.0764. The standard InChI is InChI=1S/C10H10N2O2/c1-14-9(7-11)12-10(13)8-5-3-2-4-6-8/h2-6,9H,1H3,(H,12,13). The van der Waals surface area contributed by atoms with E-state index in [9.17, 15) is 4.79 Å². The molecule has 4 heteroatoms. The Labute approximate surface area is 82.1 Å². The minimum absolute atomic E-state index is 0.320. The Morgan fingerprint density at radius 2 is 2.14 bits per heavy atom. The normalized spacial score (nSPS) is 11.4. The third-order valence-corrected chi connectivity index (χ3v) is 1.65. The highest BCUT2D eigenvalue weighted by Gasteiger charge is 2.10. The van der Waals surface area contributed by atoms with Crippen LogP contribution in [0.5, 0.6) is 0 Å². The molecule has 72 valence electrons. The van der Waals surface area contributed by atoms with Crippen LogP contribution in [0.3, 0.4) is 0 Å². The fourth-order valence-corrected chi connectivity index (χ4v) is 0.936. The largest absolute Gasteiger partial charge is 0.349 e. The van der Waals surface area contributed by atoms with Gasteiger partial charge in [-0.2, -0.15) is 5.26 Å². The zero-order valence-corrected chi connectivity index (χ0v) is 7.73. The van der Waals surface area contributed by atoms with Crippen molar-refractivity contribution in [1.29, 1.82) is 5.26 Å². The fourth-order valence-electron chi connectivity index (χ4n) is 0.936. The fraction of sp³-hybridized carbons (Fsp3) is 0.200. The van der Waals surface area contributed by atoms with Gasteiger partial charge >= 0.3 is 0 Å². The average Bonchev–Trinajstić information content (AvgIpc) is 2.26. The first-order valence-electron chi connectivity index (χ1n) is 4.06. The minimum atomic E-state index is -0.900. The molecule has 0 saturated carbocycles. The third kappa shape index (κ3) is 2.57. The molecule has 0 spiro atoms. The monoisotopic (exact) mass is 190 g/mol. The molecule has 0 fully saturated rings. The van der Waals surface area contributed by atoms with Crippen molar-refractivity contribution < 1.29 is 9.53 Å². The molecule has 0 bridgehead atoms. The summed E-state index contributed by atoms with van der Waals surface area (Å²) < 4.78 is 4.70. The van der Waals surface area contributed by atoms with E-state index in [-0.39, 0.29) is 5.91 Å². The summed E-state index contributed by atoms with van der Waals surface area (Å²) in [7, 11) is 1.36. The van der Waals surface area contributed by atoms with Crippen LogP contribution in [-0.4, -0.2) is 19.2 Å². The van der Waals surface area contributed by atoms with E-state index in [1.54, 1.807) is 30.3 Å². The number of hydrogen-bond acceptors (Lipinski definition) is 3. The first kappa shape index (κ1) is 10.2. The molecule has 1 rings (SSSR count). The van der Waals surface area contributed by atoms with Crippen LogP contribution in [0.1, 0.15) is 10.4 Å². The number of nitriles is 1. The molecule has 0 heterocycles. The van der Waals surface area contributed by atoms with Crippen molar-refractivity contribution >= 4 is 5.91 Å². The first-order chi connectivity index (χ1) is 6.77. The summed E-state index contributed by atoms with van der Waals surface area (Å²) in [5.41, 5.74) is 0.504. The van der Waals surface area contributed by atoms with Crippen molar-refractivity contribution in [3.63, 3.8) is 0 Å². The molecule has 0 saturated heterocycles. The summed E-state index contributed by atoms with van der Waals surface area (Å²) in [6.07, 6.45) is -0.900. The number of ether oxygens (including phenoxy) is 1. The molecule has 0 aromatic heterocycles. The van der Waals surface area contributed by atoms with E-state index in [4.69, 9.17) is 10.00 Å². The van der Waals surface area contributed by atoms with E-state index in [2.05, 4.69) is 5.32 Å². The predicted molar refractivity (Wildman–Crippen MR) is 50.3 cm³/mol. The zero-order chi connectivity index (χ0) is 10.4. The molecule has 1 N–H and O–H groups in total. The lowest BCUT2D eigenvalue weighted by atomic mass is 10.2. The van der Waals surface area contributed by atoms with E-state index >= 15 is 0 Å². The molecular weight excluding hydrogens is 180 g/mol. The van der Waals surface area contributed by atoms with Crippen molar-refractivity contribution in [2.45, 2.75) is 6.23 Å². The van der Waals surface area contributed by atoms with Crippen molar-refractivity contribution in [2.75, 3.05) is 7.11 Å². The van der Waals surface area contributed by atoms with E-state index in [1.165, 1.54) is 7.11 Å². The summed E-state index contributed by atoms with van der Waals surface area (Å²) in [6.45, 7) is 0. The van der Waals surface area contributed by atoms with E-state index in [0.29, 0.717) is 5.56 Å². The van der Waals surface area contributed by atoms with Crippen LogP contribution in [0.2, 0.25) is 0 Å². The van der Waals surface area contributed by atoms with Gasteiger partial charge in [0, 0.05) is 12.7 Å². The molecule has 1 amide bonds. The van der Waals surface area contributed by atoms with Crippen molar-refractivity contribution in [1.82, 2.24) is 5.32 Å². The molecule has 0 aliphatic heterocycles. The number of benzene rings is 1. The van der Waals surface area contributed by atoms with Crippen LogP contribution < -0.4 is 5.32 Å². The Hall–Kier alpha value is -1.86. The predicted octanol–water partition coefficient (Wildman–Crippen LogP) is 0.912. The summed E-state index contributed by atoms with van der Waals surface area (Å²) in [6, 6.07) is 10.5. The van der Waals surface area contributed by atoms with Gasteiger partial charge in [0.2, 0.25) is 6.23 Å². The maximum absolute atomic E-state index is 11.4. The SMILES string of the molecule is COC(C#N)NC(=O)c1ccccc1. The number of methoxy groups -OCH3 is 1. The topological polar surface area (TPSA) is 62.1 Å². The molecule has 1 atom stereocenters. The van der Waals surface area contributed by atoms with Crippen LogP contribution >= 0.6 is 0 Å². The molecule has 0 aliphatic carbocycles. The maximum atomic E-state index is 11.4. The van der Waals surface area contributed by atoms with Crippen molar-refractivity contribution in [2.24, 2.45) is 0 Å². The first-order valence-corrected chi connectivity index (χ1v) is 4.06. The van der Waals surface area contributed by atoms with Gasteiger partial charge in [-0.3, -0.25) is 4.79 Å².